The highest BCUT2D eigenvalue weighted by Crippen LogP contribution is 2.34. The van der Waals surface area contributed by atoms with Crippen LogP contribution < -0.4 is 21.3 Å². The van der Waals surface area contributed by atoms with Gasteiger partial charge in [-0.2, -0.15) is 0 Å². The van der Waals surface area contributed by atoms with Gasteiger partial charge in [0.25, 0.3) is 0 Å². The Hall–Kier alpha value is -3.06. The van der Waals surface area contributed by atoms with Crippen LogP contribution in [0.25, 0.3) is 0 Å². The van der Waals surface area contributed by atoms with E-state index in [0.29, 0.717) is 31.0 Å². The minimum Gasteiger partial charge on any atom is -0.381 e. The van der Waals surface area contributed by atoms with Crippen LogP contribution in [-0.4, -0.2) is 44.8 Å². The van der Waals surface area contributed by atoms with Gasteiger partial charge in [-0.15, -0.1) is 0 Å². The molecule has 4 rings (SSSR count). The van der Waals surface area contributed by atoms with Gasteiger partial charge >= 0.3 is 6.03 Å². The van der Waals surface area contributed by atoms with Crippen LogP contribution in [0, 0.1) is 0 Å². The second-order valence-corrected chi connectivity index (χ2v) is 8.71. The molecule has 3 amide bonds. The quantitative estimate of drug-likeness (QED) is 0.644. The van der Waals surface area contributed by atoms with E-state index in [0.717, 1.165) is 44.5 Å². The Bertz CT molecular complexity index is 935. The summed E-state index contributed by atoms with van der Waals surface area (Å²) in [6.07, 6.45) is 5.15. The lowest BCUT2D eigenvalue weighted by Crippen LogP contribution is -2.45. The molecule has 0 aliphatic carbocycles. The van der Waals surface area contributed by atoms with Gasteiger partial charge in [-0.3, -0.25) is 4.79 Å². The summed E-state index contributed by atoms with van der Waals surface area (Å²) in [5.41, 5.74) is 8.47. The molecule has 0 spiro atoms. The Morgan fingerprint density at radius 2 is 1.72 bits per heavy atom. The molecule has 2 aromatic rings. The van der Waals surface area contributed by atoms with Gasteiger partial charge in [0.2, 0.25) is 5.91 Å². The average Bonchev–Trinajstić information content (AvgIpc) is 2.84. The number of urea groups is 1. The monoisotopic (exact) mass is 436 g/mol. The predicted molar refractivity (Wildman–Crippen MR) is 126 cm³/mol. The van der Waals surface area contributed by atoms with Crippen LogP contribution in [0.5, 0.6) is 0 Å². The Labute approximate surface area is 189 Å². The zero-order valence-corrected chi connectivity index (χ0v) is 18.4. The smallest absolute Gasteiger partial charge is 0.319 e. The molecule has 2 aromatic carbocycles. The topological polar surface area (TPSA) is 96.7 Å². The molecule has 0 radical (unpaired) electrons. The second kappa shape index (κ2) is 10.0. The van der Waals surface area contributed by atoms with Gasteiger partial charge in [-0.05, 0) is 55.9 Å². The maximum atomic E-state index is 13.0. The van der Waals surface area contributed by atoms with E-state index in [2.05, 4.69) is 27.7 Å². The number of nitrogens with zero attached hydrogens (tertiary/aromatic N) is 1. The molecule has 2 saturated heterocycles. The summed E-state index contributed by atoms with van der Waals surface area (Å²) in [6, 6.07) is 15.3. The molecule has 0 aromatic heterocycles. The third-order valence-corrected chi connectivity index (χ3v) is 6.65. The Kier molecular flexibility index (Phi) is 6.95. The van der Waals surface area contributed by atoms with Crippen molar-refractivity contribution in [1.82, 2.24) is 5.32 Å². The van der Waals surface area contributed by atoms with Crippen molar-refractivity contribution in [3.05, 3.63) is 59.7 Å². The normalized spacial score (nSPS) is 18.1. The largest absolute Gasteiger partial charge is 0.381 e. The summed E-state index contributed by atoms with van der Waals surface area (Å²) in [6.45, 7) is 3.74. The number of hydrogen-bond donors (Lipinski definition) is 3. The number of carbonyl (C=O) groups excluding carboxylic acids is 2. The Morgan fingerprint density at radius 3 is 2.41 bits per heavy atom. The minimum absolute atomic E-state index is 0.151. The number of nitrogens with two attached hydrogens (primary N) is 1. The van der Waals surface area contributed by atoms with Crippen LogP contribution in [0.2, 0.25) is 0 Å². The maximum absolute atomic E-state index is 13.0. The lowest BCUT2D eigenvalue weighted by molar-refractivity contribution is 0.0508. The van der Waals surface area contributed by atoms with Gasteiger partial charge in [0.1, 0.15) is 0 Å². The number of benzene rings is 2. The zero-order chi connectivity index (χ0) is 22.4. The first-order valence-corrected chi connectivity index (χ1v) is 11.4. The fourth-order valence-corrected chi connectivity index (χ4v) is 4.74. The summed E-state index contributed by atoms with van der Waals surface area (Å²) in [7, 11) is 0. The van der Waals surface area contributed by atoms with E-state index in [1.54, 1.807) is 12.1 Å². The van der Waals surface area contributed by atoms with Gasteiger partial charge in [0.15, 0.2) is 0 Å². The molecule has 0 bridgehead atoms. The molecule has 2 fully saturated rings. The molecule has 7 heteroatoms. The summed E-state index contributed by atoms with van der Waals surface area (Å²) in [5.74, 6) is -0.510. The summed E-state index contributed by atoms with van der Waals surface area (Å²) in [5, 5.41) is 6.06. The van der Waals surface area contributed by atoms with Crippen molar-refractivity contribution in [1.29, 1.82) is 0 Å². The van der Waals surface area contributed by atoms with Crippen LogP contribution in [-0.2, 0) is 10.2 Å². The van der Waals surface area contributed by atoms with E-state index in [4.69, 9.17) is 10.5 Å². The zero-order valence-electron chi connectivity index (χ0n) is 18.4. The van der Waals surface area contributed by atoms with Crippen molar-refractivity contribution >= 4 is 23.3 Å². The van der Waals surface area contributed by atoms with Crippen molar-refractivity contribution in [2.24, 2.45) is 5.73 Å². The van der Waals surface area contributed by atoms with Crippen LogP contribution in [0.15, 0.2) is 48.5 Å². The van der Waals surface area contributed by atoms with Crippen LogP contribution in [0.4, 0.5) is 16.2 Å². The van der Waals surface area contributed by atoms with E-state index in [-0.39, 0.29) is 11.4 Å². The first kappa shape index (κ1) is 22.1. The van der Waals surface area contributed by atoms with E-state index in [1.165, 1.54) is 12.0 Å². The number of nitrogens with one attached hydrogen (secondary N) is 2. The highest BCUT2D eigenvalue weighted by atomic mass is 16.5. The van der Waals surface area contributed by atoms with Gasteiger partial charge in [-0.1, -0.05) is 30.3 Å². The number of primary amides is 1. The number of anilines is 2. The lowest BCUT2D eigenvalue weighted by atomic mass is 9.74. The molecule has 2 aliphatic heterocycles. The number of carbonyl (C=O) groups is 2. The van der Waals surface area contributed by atoms with E-state index in [1.807, 2.05) is 24.3 Å². The Balaban J connectivity index is 1.50. The van der Waals surface area contributed by atoms with E-state index >= 15 is 0 Å². The van der Waals surface area contributed by atoms with Crippen LogP contribution in [0.1, 0.15) is 48.0 Å². The highest BCUT2D eigenvalue weighted by Gasteiger charge is 2.34. The molecule has 7 nitrogen and oxygen atoms in total. The molecule has 2 heterocycles. The highest BCUT2D eigenvalue weighted by molar-refractivity contribution is 5.99. The SMILES string of the molecule is NC(=O)c1ccc(N2CCCCC2)c(NC(=O)NCC2(c3ccccc3)CCOCC2)c1. The number of piperidine rings is 1. The summed E-state index contributed by atoms with van der Waals surface area (Å²) < 4.78 is 5.59. The first-order chi connectivity index (χ1) is 15.6. The van der Waals surface area contributed by atoms with Crippen LogP contribution >= 0.6 is 0 Å². The number of ether oxygens (including phenoxy) is 1. The van der Waals surface area contributed by atoms with Gasteiger partial charge in [-0.25, -0.2) is 4.79 Å². The molecule has 170 valence electrons. The molecule has 32 heavy (non-hydrogen) atoms. The molecule has 2 aliphatic rings. The summed E-state index contributed by atoms with van der Waals surface area (Å²) in [4.78, 5) is 26.9. The summed E-state index contributed by atoms with van der Waals surface area (Å²) >= 11 is 0. The fraction of sp³-hybridized carbons (Fsp3) is 0.440. The first-order valence-electron chi connectivity index (χ1n) is 11.4. The standard InChI is InChI=1S/C25H32N4O3/c26-23(30)19-9-10-22(29-13-5-2-6-14-29)21(17-19)28-24(31)27-18-25(11-15-32-16-12-25)20-7-3-1-4-8-20/h1,3-4,7-10,17H,2,5-6,11-16,18H2,(H2,26,30)(H2,27,28,31). The van der Waals surface area contributed by atoms with Crippen molar-refractivity contribution in [3.8, 4) is 0 Å². The average molecular weight is 437 g/mol. The number of amides is 3. The van der Waals surface area contributed by atoms with Crippen LogP contribution in [0.3, 0.4) is 0 Å². The molecular weight excluding hydrogens is 404 g/mol. The second-order valence-electron chi connectivity index (χ2n) is 8.71. The number of rotatable bonds is 6. The third-order valence-electron chi connectivity index (χ3n) is 6.65. The minimum atomic E-state index is -0.510. The van der Waals surface area contributed by atoms with Crippen molar-refractivity contribution in [2.45, 2.75) is 37.5 Å². The molecule has 0 atom stereocenters. The Morgan fingerprint density at radius 1 is 1.00 bits per heavy atom. The van der Waals surface area contributed by atoms with Crippen molar-refractivity contribution in [3.63, 3.8) is 0 Å². The number of hydrogen-bond acceptors (Lipinski definition) is 4. The fourth-order valence-electron chi connectivity index (χ4n) is 4.74. The van der Waals surface area contributed by atoms with Crippen molar-refractivity contribution < 1.29 is 14.3 Å². The molecule has 0 unspecified atom stereocenters. The van der Waals surface area contributed by atoms with Gasteiger partial charge in [0.05, 0.1) is 11.4 Å². The van der Waals surface area contributed by atoms with Crippen molar-refractivity contribution in [2.75, 3.05) is 43.1 Å². The third kappa shape index (κ3) is 5.05. The van der Waals surface area contributed by atoms with Gasteiger partial charge < -0.3 is 26.0 Å². The van der Waals surface area contributed by atoms with E-state index < -0.39 is 5.91 Å². The molecular formula is C25H32N4O3. The lowest BCUT2D eigenvalue weighted by Gasteiger charge is -2.38. The maximum Gasteiger partial charge on any atom is 0.319 e. The molecule has 4 N–H and O–H groups in total. The molecule has 0 saturated carbocycles. The predicted octanol–water partition coefficient (Wildman–Crippen LogP) is 3.65. The van der Waals surface area contributed by atoms with E-state index in [9.17, 15) is 9.59 Å². The van der Waals surface area contributed by atoms with Gasteiger partial charge in [0, 0.05) is 43.8 Å².